The Morgan fingerprint density at radius 3 is 2.54 bits per heavy atom. The average Bonchev–Trinajstić information content (AvgIpc) is 2.67. The van der Waals surface area contributed by atoms with Crippen molar-refractivity contribution in [2.24, 2.45) is 0 Å². The Balaban J connectivity index is 2.25. The molecular weight excluding hydrogens is 376 g/mol. The summed E-state index contributed by atoms with van der Waals surface area (Å²) in [5.74, 6) is -0.462. The van der Waals surface area contributed by atoms with E-state index in [1.807, 2.05) is 0 Å². The highest BCUT2D eigenvalue weighted by Gasteiger charge is 2.20. The molecule has 1 N–H and O–H groups in total. The number of carbonyl (C=O) groups is 1. The van der Waals surface area contributed by atoms with Gasteiger partial charge in [0.25, 0.3) is 11.6 Å². The fourth-order valence-electron chi connectivity index (χ4n) is 2.60. The van der Waals surface area contributed by atoms with E-state index < -0.39 is 17.4 Å². The molecule has 8 nitrogen and oxygen atoms in total. The fourth-order valence-corrected chi connectivity index (χ4v) is 2.60. The van der Waals surface area contributed by atoms with Crippen LogP contribution in [0.15, 0.2) is 36.4 Å². The van der Waals surface area contributed by atoms with Crippen LogP contribution in [0.3, 0.4) is 0 Å². The molecule has 2 aromatic carbocycles. The lowest BCUT2D eigenvalue weighted by Crippen LogP contribution is -2.27. The monoisotopic (exact) mass is 395 g/mol. The Morgan fingerprint density at radius 1 is 1.25 bits per heavy atom. The third-order valence-electron chi connectivity index (χ3n) is 3.92. The SMILES string of the molecule is CNc1ccc([N+](=O)[O-])cc1C(=O)N(C)Cc1ccc(OC(F)F)c(OC)c1. The van der Waals surface area contributed by atoms with Gasteiger partial charge in [0.2, 0.25) is 0 Å². The molecule has 0 fully saturated rings. The molecule has 150 valence electrons. The van der Waals surface area contributed by atoms with Crippen LogP contribution >= 0.6 is 0 Å². The van der Waals surface area contributed by atoms with Crippen molar-refractivity contribution >= 4 is 17.3 Å². The summed E-state index contributed by atoms with van der Waals surface area (Å²) in [4.78, 5) is 24.5. The molecule has 2 aromatic rings. The minimum atomic E-state index is -2.99. The number of carbonyl (C=O) groups excluding carboxylic acids is 1. The molecule has 1 amide bonds. The van der Waals surface area contributed by atoms with Gasteiger partial charge in [0, 0.05) is 38.5 Å². The molecule has 0 aliphatic carbocycles. The largest absolute Gasteiger partial charge is 0.493 e. The van der Waals surface area contributed by atoms with Crippen LogP contribution in [0.1, 0.15) is 15.9 Å². The number of methoxy groups -OCH3 is 1. The lowest BCUT2D eigenvalue weighted by atomic mass is 10.1. The zero-order valence-corrected chi connectivity index (χ0v) is 15.4. The van der Waals surface area contributed by atoms with Crippen LogP contribution in [0, 0.1) is 10.1 Å². The number of halogens is 2. The number of nitro benzene ring substituents is 1. The molecular formula is C18H19F2N3O5. The zero-order valence-electron chi connectivity index (χ0n) is 15.4. The van der Waals surface area contributed by atoms with Crippen LogP contribution < -0.4 is 14.8 Å². The predicted octanol–water partition coefficient (Wildman–Crippen LogP) is 3.52. The van der Waals surface area contributed by atoms with Crippen LogP contribution in [-0.2, 0) is 6.54 Å². The molecule has 0 radical (unpaired) electrons. The number of nitro groups is 1. The first-order chi connectivity index (χ1) is 13.3. The molecule has 28 heavy (non-hydrogen) atoms. The number of hydrogen-bond donors (Lipinski definition) is 1. The van der Waals surface area contributed by atoms with Crippen molar-refractivity contribution in [3.8, 4) is 11.5 Å². The Morgan fingerprint density at radius 2 is 1.96 bits per heavy atom. The lowest BCUT2D eigenvalue weighted by molar-refractivity contribution is -0.384. The van der Waals surface area contributed by atoms with Gasteiger partial charge >= 0.3 is 6.61 Å². The number of rotatable bonds is 8. The van der Waals surface area contributed by atoms with E-state index in [1.165, 1.54) is 55.5 Å². The average molecular weight is 395 g/mol. The Hall–Kier alpha value is -3.43. The van der Waals surface area contributed by atoms with Gasteiger partial charge in [-0.15, -0.1) is 0 Å². The van der Waals surface area contributed by atoms with Crippen molar-refractivity contribution in [1.82, 2.24) is 4.90 Å². The van der Waals surface area contributed by atoms with E-state index >= 15 is 0 Å². The third kappa shape index (κ3) is 4.84. The van der Waals surface area contributed by atoms with Crippen molar-refractivity contribution in [2.45, 2.75) is 13.2 Å². The van der Waals surface area contributed by atoms with Gasteiger partial charge < -0.3 is 19.7 Å². The van der Waals surface area contributed by atoms with Crippen molar-refractivity contribution in [2.75, 3.05) is 26.5 Å². The van der Waals surface area contributed by atoms with Crippen LogP contribution in [0.25, 0.3) is 0 Å². The van der Waals surface area contributed by atoms with Gasteiger partial charge in [-0.2, -0.15) is 8.78 Å². The quantitative estimate of drug-likeness (QED) is 0.543. The van der Waals surface area contributed by atoms with Crippen LogP contribution in [-0.4, -0.2) is 43.5 Å². The number of nitrogens with one attached hydrogen (secondary N) is 1. The maximum atomic E-state index is 12.8. The smallest absolute Gasteiger partial charge is 0.387 e. The summed E-state index contributed by atoms with van der Waals surface area (Å²) in [5.41, 5.74) is 0.987. The molecule has 0 spiro atoms. The predicted molar refractivity (Wildman–Crippen MR) is 98.1 cm³/mol. The van der Waals surface area contributed by atoms with Crippen LogP contribution in [0.4, 0.5) is 20.2 Å². The highest BCUT2D eigenvalue weighted by molar-refractivity contribution is 6.00. The maximum Gasteiger partial charge on any atom is 0.387 e. The van der Waals surface area contributed by atoms with E-state index in [2.05, 4.69) is 10.1 Å². The number of anilines is 1. The Labute approximate surface area is 159 Å². The number of amides is 1. The second kappa shape index (κ2) is 8.98. The summed E-state index contributed by atoms with van der Waals surface area (Å²) in [6.45, 7) is -2.87. The minimum absolute atomic E-state index is 0.102. The van der Waals surface area contributed by atoms with Crippen molar-refractivity contribution in [3.05, 3.63) is 57.6 Å². The van der Waals surface area contributed by atoms with E-state index in [1.54, 1.807) is 7.05 Å². The second-order valence-electron chi connectivity index (χ2n) is 5.76. The highest BCUT2D eigenvalue weighted by Crippen LogP contribution is 2.30. The zero-order chi connectivity index (χ0) is 20.8. The van der Waals surface area contributed by atoms with E-state index in [0.717, 1.165) is 0 Å². The van der Waals surface area contributed by atoms with Crippen molar-refractivity contribution in [3.63, 3.8) is 0 Å². The summed E-state index contributed by atoms with van der Waals surface area (Å²) < 4.78 is 34.2. The summed E-state index contributed by atoms with van der Waals surface area (Å²) in [7, 11) is 4.44. The fraction of sp³-hybridized carbons (Fsp3) is 0.278. The standard InChI is InChI=1S/C18H19F2N3O5/c1-21-14-6-5-12(23(25)26)9-13(14)17(24)22(2)10-11-4-7-15(28-18(19)20)16(8-11)27-3/h4-9,18,21H,10H2,1-3H3. The molecule has 0 heterocycles. The van der Waals surface area contributed by atoms with Gasteiger partial charge in [0.1, 0.15) is 0 Å². The molecule has 0 unspecified atom stereocenters. The molecule has 0 saturated carbocycles. The van der Waals surface area contributed by atoms with Gasteiger partial charge in [-0.1, -0.05) is 6.07 Å². The van der Waals surface area contributed by atoms with E-state index in [9.17, 15) is 23.7 Å². The van der Waals surface area contributed by atoms with Crippen LogP contribution in [0.5, 0.6) is 11.5 Å². The molecule has 0 aliphatic heterocycles. The molecule has 0 atom stereocenters. The molecule has 2 rings (SSSR count). The van der Waals surface area contributed by atoms with Gasteiger partial charge in [-0.3, -0.25) is 14.9 Å². The third-order valence-corrected chi connectivity index (χ3v) is 3.92. The minimum Gasteiger partial charge on any atom is -0.493 e. The lowest BCUT2D eigenvalue weighted by Gasteiger charge is -2.20. The number of ether oxygens (including phenoxy) is 2. The number of nitrogens with zero attached hydrogens (tertiary/aromatic N) is 2. The topological polar surface area (TPSA) is 93.9 Å². The number of hydrogen-bond acceptors (Lipinski definition) is 6. The van der Waals surface area contributed by atoms with Crippen molar-refractivity contribution in [1.29, 1.82) is 0 Å². The second-order valence-corrected chi connectivity index (χ2v) is 5.76. The first-order valence-electron chi connectivity index (χ1n) is 8.10. The highest BCUT2D eigenvalue weighted by atomic mass is 19.3. The van der Waals surface area contributed by atoms with Crippen LogP contribution in [0.2, 0.25) is 0 Å². The Bertz CT molecular complexity index is 876. The van der Waals surface area contributed by atoms with Gasteiger partial charge in [-0.05, 0) is 23.8 Å². The first kappa shape index (κ1) is 20.9. The van der Waals surface area contributed by atoms with Gasteiger partial charge in [-0.25, -0.2) is 0 Å². The van der Waals surface area contributed by atoms with E-state index in [4.69, 9.17) is 4.74 Å². The summed E-state index contributed by atoms with van der Waals surface area (Å²) in [6.07, 6.45) is 0. The van der Waals surface area contributed by atoms with E-state index in [-0.39, 0.29) is 29.3 Å². The van der Waals surface area contributed by atoms with E-state index in [0.29, 0.717) is 11.3 Å². The Kier molecular flexibility index (Phi) is 6.69. The maximum absolute atomic E-state index is 12.8. The number of benzene rings is 2. The normalized spacial score (nSPS) is 10.5. The number of alkyl halides is 2. The molecule has 0 aliphatic rings. The van der Waals surface area contributed by atoms with Crippen molar-refractivity contribution < 1.29 is 28.0 Å². The molecule has 10 heteroatoms. The number of non-ortho nitro benzene ring substituents is 1. The van der Waals surface area contributed by atoms with Gasteiger partial charge in [0.15, 0.2) is 11.5 Å². The molecule has 0 bridgehead atoms. The molecule has 0 aromatic heterocycles. The first-order valence-corrected chi connectivity index (χ1v) is 8.10. The molecule has 0 saturated heterocycles. The van der Waals surface area contributed by atoms with Gasteiger partial charge in [0.05, 0.1) is 17.6 Å². The summed E-state index contributed by atoms with van der Waals surface area (Å²) >= 11 is 0. The summed E-state index contributed by atoms with van der Waals surface area (Å²) in [6, 6.07) is 8.29. The summed E-state index contributed by atoms with van der Waals surface area (Å²) in [5, 5.41) is 13.8.